The first kappa shape index (κ1) is 10.9. The quantitative estimate of drug-likeness (QED) is 0.417. The molecule has 0 bridgehead atoms. The smallest absolute Gasteiger partial charge is 0.146 e. The van der Waals surface area contributed by atoms with Crippen molar-refractivity contribution in [2.75, 3.05) is 33.7 Å². The highest BCUT2D eigenvalue weighted by Gasteiger charge is 1.92. The second-order valence-corrected chi connectivity index (χ2v) is 2.78. The van der Waals surface area contributed by atoms with Gasteiger partial charge in [-0.15, -0.1) is 0 Å². The molecule has 0 unspecified atom stereocenters. The number of hydrogen-bond acceptors (Lipinski definition) is 3. The molecule has 68 valence electrons. The Morgan fingerprint density at radius 2 is 1.82 bits per heavy atom. The zero-order valence-corrected chi connectivity index (χ0v) is 7.63. The van der Waals surface area contributed by atoms with Crippen molar-refractivity contribution in [3.05, 3.63) is 0 Å². The van der Waals surface area contributed by atoms with Gasteiger partial charge in [-0.1, -0.05) is 13.8 Å². The lowest BCUT2D eigenvalue weighted by Gasteiger charge is -2.06. The van der Waals surface area contributed by atoms with E-state index in [2.05, 4.69) is 13.8 Å². The summed E-state index contributed by atoms with van der Waals surface area (Å²) in [6.07, 6.45) is 0. The van der Waals surface area contributed by atoms with E-state index in [4.69, 9.17) is 14.2 Å². The second kappa shape index (κ2) is 7.98. The lowest BCUT2D eigenvalue weighted by molar-refractivity contribution is -0.0723. The van der Waals surface area contributed by atoms with Crippen molar-refractivity contribution < 1.29 is 14.2 Å². The monoisotopic (exact) mass is 162 g/mol. The summed E-state index contributed by atoms with van der Waals surface area (Å²) in [4.78, 5) is 0. The van der Waals surface area contributed by atoms with E-state index in [9.17, 15) is 0 Å². The van der Waals surface area contributed by atoms with Crippen LogP contribution in [0.3, 0.4) is 0 Å². The largest absolute Gasteiger partial charge is 0.382 e. The molecule has 0 heterocycles. The third-order valence-electron chi connectivity index (χ3n) is 1.05. The van der Waals surface area contributed by atoms with Crippen LogP contribution in [0.15, 0.2) is 0 Å². The molecule has 0 radical (unpaired) electrons. The summed E-state index contributed by atoms with van der Waals surface area (Å²) in [6, 6.07) is 0. The van der Waals surface area contributed by atoms with Crippen molar-refractivity contribution in [3.63, 3.8) is 0 Å². The number of ether oxygens (including phenoxy) is 3. The van der Waals surface area contributed by atoms with Crippen LogP contribution in [0.2, 0.25) is 0 Å². The molecule has 0 aromatic rings. The van der Waals surface area contributed by atoms with Crippen LogP contribution in [0.4, 0.5) is 0 Å². The molecule has 0 rings (SSSR count). The first-order valence-corrected chi connectivity index (χ1v) is 3.91. The van der Waals surface area contributed by atoms with E-state index in [1.54, 1.807) is 7.11 Å². The first-order chi connectivity index (χ1) is 5.27. The molecule has 0 aliphatic carbocycles. The van der Waals surface area contributed by atoms with Crippen molar-refractivity contribution in [1.82, 2.24) is 0 Å². The van der Waals surface area contributed by atoms with Gasteiger partial charge in [0.05, 0.1) is 19.8 Å². The van der Waals surface area contributed by atoms with Gasteiger partial charge in [0, 0.05) is 7.11 Å². The molecule has 11 heavy (non-hydrogen) atoms. The van der Waals surface area contributed by atoms with Crippen molar-refractivity contribution in [1.29, 1.82) is 0 Å². The fourth-order valence-corrected chi connectivity index (χ4v) is 0.544. The van der Waals surface area contributed by atoms with Gasteiger partial charge in [0.2, 0.25) is 0 Å². The van der Waals surface area contributed by atoms with Crippen LogP contribution < -0.4 is 0 Å². The van der Waals surface area contributed by atoms with Crippen LogP contribution in [0, 0.1) is 5.92 Å². The molecule has 0 aliphatic rings. The van der Waals surface area contributed by atoms with Gasteiger partial charge in [0.1, 0.15) is 6.79 Å². The van der Waals surface area contributed by atoms with Crippen molar-refractivity contribution in [3.8, 4) is 0 Å². The van der Waals surface area contributed by atoms with Gasteiger partial charge >= 0.3 is 0 Å². The van der Waals surface area contributed by atoms with Gasteiger partial charge in [-0.2, -0.15) is 0 Å². The molecule has 0 amide bonds. The van der Waals surface area contributed by atoms with Gasteiger partial charge in [-0.25, -0.2) is 0 Å². The minimum Gasteiger partial charge on any atom is -0.382 e. The molecule has 3 nitrogen and oxygen atoms in total. The maximum absolute atomic E-state index is 5.16. The highest BCUT2D eigenvalue weighted by molar-refractivity contribution is 4.36. The third-order valence-corrected chi connectivity index (χ3v) is 1.05. The van der Waals surface area contributed by atoms with E-state index in [0.717, 1.165) is 6.61 Å². The fourth-order valence-electron chi connectivity index (χ4n) is 0.544. The lowest BCUT2D eigenvalue weighted by atomic mass is 10.2. The van der Waals surface area contributed by atoms with E-state index in [-0.39, 0.29) is 0 Å². The molecule has 0 N–H and O–H groups in total. The first-order valence-electron chi connectivity index (χ1n) is 3.91. The summed E-state index contributed by atoms with van der Waals surface area (Å²) >= 11 is 0. The van der Waals surface area contributed by atoms with Crippen molar-refractivity contribution >= 4 is 0 Å². The summed E-state index contributed by atoms with van der Waals surface area (Å²) in [5, 5.41) is 0. The van der Waals surface area contributed by atoms with Gasteiger partial charge < -0.3 is 14.2 Å². The summed E-state index contributed by atoms with van der Waals surface area (Å²) in [5.74, 6) is 0.570. The topological polar surface area (TPSA) is 27.7 Å². The Bertz CT molecular complexity index is 73.7. The molecule has 0 saturated heterocycles. The summed E-state index contributed by atoms with van der Waals surface area (Å²) in [7, 11) is 1.65. The van der Waals surface area contributed by atoms with Gasteiger partial charge in [-0.05, 0) is 5.92 Å². The van der Waals surface area contributed by atoms with Gasteiger partial charge in [-0.3, -0.25) is 0 Å². The average Bonchev–Trinajstić information content (AvgIpc) is 1.96. The molecule has 0 aliphatic heterocycles. The van der Waals surface area contributed by atoms with E-state index in [0.29, 0.717) is 25.9 Å². The van der Waals surface area contributed by atoms with Crippen LogP contribution in [0.5, 0.6) is 0 Å². The summed E-state index contributed by atoms with van der Waals surface area (Å²) in [5.41, 5.74) is 0. The summed E-state index contributed by atoms with van der Waals surface area (Å²) < 4.78 is 15.0. The van der Waals surface area contributed by atoms with E-state index in [1.165, 1.54) is 0 Å². The maximum atomic E-state index is 5.16. The third kappa shape index (κ3) is 9.88. The van der Waals surface area contributed by atoms with E-state index in [1.807, 2.05) is 0 Å². The second-order valence-electron chi connectivity index (χ2n) is 2.78. The number of rotatable bonds is 7. The highest BCUT2D eigenvalue weighted by atomic mass is 16.7. The molecule has 0 fully saturated rings. The van der Waals surface area contributed by atoms with Gasteiger partial charge in [0.15, 0.2) is 0 Å². The lowest BCUT2D eigenvalue weighted by Crippen LogP contribution is -2.08. The molecule has 0 atom stereocenters. The predicted octanol–water partition coefficient (Wildman–Crippen LogP) is 1.28. The van der Waals surface area contributed by atoms with Crippen molar-refractivity contribution in [2.45, 2.75) is 13.8 Å². The maximum Gasteiger partial charge on any atom is 0.146 e. The Morgan fingerprint density at radius 3 is 2.36 bits per heavy atom. The SMILES string of the molecule is COCCOCOCC(C)C. The zero-order chi connectivity index (χ0) is 8.53. The number of methoxy groups -OCH3 is 1. The zero-order valence-electron chi connectivity index (χ0n) is 7.63. The highest BCUT2D eigenvalue weighted by Crippen LogP contribution is 1.91. The van der Waals surface area contributed by atoms with Crippen LogP contribution in [-0.4, -0.2) is 33.7 Å². The Kier molecular flexibility index (Phi) is 7.89. The van der Waals surface area contributed by atoms with Crippen LogP contribution in [0.1, 0.15) is 13.8 Å². The molecule has 3 heteroatoms. The normalized spacial score (nSPS) is 10.9. The fraction of sp³-hybridized carbons (Fsp3) is 1.00. The molecule has 0 aromatic heterocycles. The van der Waals surface area contributed by atoms with E-state index < -0.39 is 0 Å². The molecule has 0 aromatic carbocycles. The van der Waals surface area contributed by atoms with E-state index >= 15 is 0 Å². The summed E-state index contributed by atoms with van der Waals surface area (Å²) in [6.45, 7) is 6.58. The molecular formula is C8H18O3. The Labute approximate surface area is 68.6 Å². The van der Waals surface area contributed by atoms with Crippen LogP contribution in [-0.2, 0) is 14.2 Å². The average molecular weight is 162 g/mol. The molecular weight excluding hydrogens is 144 g/mol. The van der Waals surface area contributed by atoms with Crippen LogP contribution in [0.25, 0.3) is 0 Å². The minimum atomic E-state index is 0.377. The predicted molar refractivity (Wildman–Crippen MR) is 43.5 cm³/mol. The minimum absolute atomic E-state index is 0.377. The van der Waals surface area contributed by atoms with Gasteiger partial charge in [0.25, 0.3) is 0 Å². The Hall–Kier alpha value is -0.120. The Morgan fingerprint density at radius 1 is 1.09 bits per heavy atom. The standard InChI is InChI=1S/C8H18O3/c1-8(2)6-11-7-10-5-4-9-3/h8H,4-7H2,1-3H3. The van der Waals surface area contributed by atoms with Crippen LogP contribution >= 0.6 is 0 Å². The molecule has 0 spiro atoms. The molecule has 0 saturated carbocycles. The number of hydrogen-bond donors (Lipinski definition) is 0. The Balaban J connectivity index is 2.80. The van der Waals surface area contributed by atoms with Crippen molar-refractivity contribution in [2.24, 2.45) is 5.92 Å².